The molecule has 40 heavy (non-hydrogen) atoms. The number of hydrogen-bond acceptors (Lipinski definition) is 5. The Morgan fingerprint density at radius 3 is 2.42 bits per heavy atom. The Balaban J connectivity index is 2.02. The molecule has 0 amide bonds. The molecule has 0 aliphatic carbocycles. The number of aryl methyl sites for hydroxylation is 3. The second kappa shape index (κ2) is 14.2. The van der Waals surface area contributed by atoms with E-state index in [0.29, 0.717) is 30.4 Å². The standard InChI is InChI=1S/C31H48ClN3O4Si/c1-8-24-27(25(35-34-24)16-12-10-11-13-19-36)26-23(32)18-17-22-21(29(33-28(22)26)30(37)38-9-2)15-14-20-39-40(6,7)31(3,4)5/h17-18,33,36H,8-16,19-20H2,1-7H3,(H,34,35). The number of carbonyl (C=O) groups excluding carboxylic acids is 1. The summed E-state index contributed by atoms with van der Waals surface area (Å²) >= 11 is 6.90. The van der Waals surface area contributed by atoms with Gasteiger partial charge in [0.2, 0.25) is 0 Å². The molecule has 0 saturated carbocycles. The number of esters is 1. The van der Waals surface area contributed by atoms with Crippen LogP contribution in [0, 0.1) is 0 Å². The fourth-order valence-electron chi connectivity index (χ4n) is 4.88. The van der Waals surface area contributed by atoms with Crippen molar-refractivity contribution >= 4 is 36.8 Å². The predicted molar refractivity (Wildman–Crippen MR) is 167 cm³/mol. The number of rotatable bonds is 15. The van der Waals surface area contributed by atoms with E-state index in [1.54, 1.807) is 0 Å². The number of H-pyrrole nitrogens is 2. The molecule has 3 rings (SSSR count). The van der Waals surface area contributed by atoms with Gasteiger partial charge in [0.25, 0.3) is 0 Å². The molecule has 0 saturated heterocycles. The van der Waals surface area contributed by atoms with Gasteiger partial charge in [0, 0.05) is 35.4 Å². The maximum absolute atomic E-state index is 13.1. The monoisotopic (exact) mass is 589 g/mol. The van der Waals surface area contributed by atoms with Gasteiger partial charge in [-0.15, -0.1) is 0 Å². The van der Waals surface area contributed by atoms with Crippen LogP contribution in [0.15, 0.2) is 12.1 Å². The molecule has 0 radical (unpaired) electrons. The van der Waals surface area contributed by atoms with Crippen LogP contribution in [-0.4, -0.2) is 54.4 Å². The summed E-state index contributed by atoms with van der Waals surface area (Å²) in [6.07, 6.45) is 6.91. The molecule has 2 heterocycles. The number of carbonyl (C=O) groups is 1. The zero-order valence-corrected chi connectivity index (χ0v) is 27.2. The summed E-state index contributed by atoms with van der Waals surface area (Å²) < 4.78 is 11.9. The van der Waals surface area contributed by atoms with Gasteiger partial charge >= 0.3 is 5.97 Å². The van der Waals surface area contributed by atoms with Crippen LogP contribution in [-0.2, 0) is 28.4 Å². The number of fused-ring (bicyclic) bond motifs is 1. The zero-order chi connectivity index (χ0) is 29.5. The van der Waals surface area contributed by atoms with Crippen molar-refractivity contribution in [3.05, 3.63) is 39.8 Å². The van der Waals surface area contributed by atoms with Crippen LogP contribution < -0.4 is 0 Å². The number of nitrogens with zero attached hydrogens (tertiary/aromatic N) is 1. The SMILES string of the molecule is CCOC(=O)c1[nH]c2c(-c3c(CCCCCCO)n[nH]c3CC)c(Cl)ccc2c1CCCO[Si](C)(C)C(C)(C)C. The molecule has 1 aromatic carbocycles. The molecule has 0 aliphatic rings. The highest BCUT2D eigenvalue weighted by molar-refractivity contribution is 6.74. The number of aromatic nitrogens is 3. The fraction of sp³-hybridized carbons (Fsp3) is 0.613. The van der Waals surface area contributed by atoms with Gasteiger partial charge in [-0.3, -0.25) is 5.10 Å². The third kappa shape index (κ3) is 7.38. The highest BCUT2D eigenvalue weighted by Crippen LogP contribution is 2.41. The van der Waals surface area contributed by atoms with E-state index < -0.39 is 8.32 Å². The number of benzene rings is 1. The first kappa shape index (κ1) is 32.4. The molecular weight excluding hydrogens is 542 g/mol. The predicted octanol–water partition coefficient (Wildman–Crippen LogP) is 8.00. The fourth-order valence-corrected chi connectivity index (χ4v) is 6.22. The minimum atomic E-state index is -1.86. The molecule has 0 unspecified atom stereocenters. The summed E-state index contributed by atoms with van der Waals surface area (Å²) in [6, 6.07) is 3.93. The van der Waals surface area contributed by atoms with E-state index in [2.05, 4.69) is 56.0 Å². The quantitative estimate of drug-likeness (QED) is 0.0947. The normalized spacial score (nSPS) is 12.4. The van der Waals surface area contributed by atoms with Crippen LogP contribution in [0.4, 0.5) is 0 Å². The lowest BCUT2D eigenvalue weighted by molar-refractivity contribution is 0.0519. The van der Waals surface area contributed by atoms with Gasteiger partial charge in [-0.25, -0.2) is 4.79 Å². The van der Waals surface area contributed by atoms with Gasteiger partial charge in [0.05, 0.1) is 22.8 Å². The zero-order valence-electron chi connectivity index (χ0n) is 25.4. The molecular formula is C31H48ClN3O4Si. The minimum absolute atomic E-state index is 0.146. The first-order chi connectivity index (χ1) is 19.0. The summed E-state index contributed by atoms with van der Waals surface area (Å²) in [4.78, 5) is 16.5. The Labute approximate surface area is 245 Å². The Kier molecular flexibility index (Phi) is 11.5. The maximum Gasteiger partial charge on any atom is 0.355 e. The van der Waals surface area contributed by atoms with Crippen LogP contribution in [0.5, 0.6) is 0 Å². The largest absolute Gasteiger partial charge is 0.461 e. The van der Waals surface area contributed by atoms with Crippen molar-refractivity contribution in [2.45, 2.75) is 104 Å². The number of unbranched alkanes of at least 4 members (excludes halogenated alkanes) is 3. The van der Waals surface area contributed by atoms with E-state index in [9.17, 15) is 4.79 Å². The first-order valence-electron chi connectivity index (χ1n) is 14.8. The number of aromatic amines is 2. The van der Waals surface area contributed by atoms with Crippen molar-refractivity contribution in [3.63, 3.8) is 0 Å². The summed E-state index contributed by atoms with van der Waals surface area (Å²) in [5.74, 6) is -0.354. The van der Waals surface area contributed by atoms with Gasteiger partial charge < -0.3 is 19.3 Å². The van der Waals surface area contributed by atoms with E-state index in [-0.39, 0.29) is 17.6 Å². The van der Waals surface area contributed by atoms with Crippen LogP contribution in [0.25, 0.3) is 22.0 Å². The Bertz CT molecular complexity index is 1280. The molecule has 0 bridgehead atoms. The van der Waals surface area contributed by atoms with Gasteiger partial charge in [0.1, 0.15) is 5.69 Å². The van der Waals surface area contributed by atoms with Crippen LogP contribution in [0.1, 0.15) is 94.2 Å². The van der Waals surface area contributed by atoms with Crippen LogP contribution in [0.3, 0.4) is 0 Å². The Morgan fingerprint density at radius 2 is 1.77 bits per heavy atom. The average molecular weight is 590 g/mol. The van der Waals surface area contributed by atoms with Gasteiger partial charge in [-0.2, -0.15) is 5.10 Å². The number of nitrogens with one attached hydrogen (secondary N) is 2. The van der Waals surface area contributed by atoms with Crippen LogP contribution in [0.2, 0.25) is 23.2 Å². The summed E-state index contributed by atoms with van der Waals surface area (Å²) in [5.41, 5.74) is 6.17. The van der Waals surface area contributed by atoms with E-state index in [4.69, 9.17) is 25.9 Å². The molecule has 3 aromatic rings. The molecule has 3 N–H and O–H groups in total. The van der Waals surface area contributed by atoms with Crippen molar-refractivity contribution in [1.29, 1.82) is 0 Å². The molecule has 9 heteroatoms. The summed E-state index contributed by atoms with van der Waals surface area (Å²) in [6.45, 7) is 16.4. The lowest BCUT2D eigenvalue weighted by Gasteiger charge is -2.36. The lowest BCUT2D eigenvalue weighted by Crippen LogP contribution is -2.41. The molecule has 0 aliphatic heterocycles. The molecule has 2 aromatic heterocycles. The van der Waals surface area contributed by atoms with Crippen molar-refractivity contribution in [2.24, 2.45) is 0 Å². The molecule has 7 nitrogen and oxygen atoms in total. The van der Waals surface area contributed by atoms with Gasteiger partial charge in [0.15, 0.2) is 8.32 Å². The summed E-state index contributed by atoms with van der Waals surface area (Å²) in [7, 11) is -1.86. The topological polar surface area (TPSA) is 100 Å². The maximum atomic E-state index is 13.1. The van der Waals surface area contributed by atoms with Crippen molar-refractivity contribution < 1.29 is 19.1 Å². The second-order valence-corrected chi connectivity index (χ2v) is 17.2. The smallest absolute Gasteiger partial charge is 0.355 e. The highest BCUT2D eigenvalue weighted by Gasteiger charge is 2.37. The van der Waals surface area contributed by atoms with E-state index in [1.807, 2.05) is 19.1 Å². The number of aliphatic hydroxyl groups excluding tert-OH is 1. The molecule has 222 valence electrons. The van der Waals surface area contributed by atoms with Crippen LogP contribution >= 0.6 is 11.6 Å². The van der Waals surface area contributed by atoms with Crippen molar-refractivity contribution in [1.82, 2.24) is 15.2 Å². The Morgan fingerprint density at radius 1 is 1.05 bits per heavy atom. The number of ether oxygens (including phenoxy) is 1. The minimum Gasteiger partial charge on any atom is -0.461 e. The number of hydrogen-bond donors (Lipinski definition) is 3. The second-order valence-electron chi connectivity index (χ2n) is 12.0. The lowest BCUT2D eigenvalue weighted by atomic mass is 9.95. The van der Waals surface area contributed by atoms with Gasteiger partial charge in [-0.05, 0) is 75.2 Å². The van der Waals surface area contributed by atoms with Gasteiger partial charge in [-0.1, -0.05) is 58.2 Å². The van der Waals surface area contributed by atoms with Crippen molar-refractivity contribution in [3.8, 4) is 11.1 Å². The first-order valence-corrected chi connectivity index (χ1v) is 18.1. The molecule has 0 atom stereocenters. The third-order valence-electron chi connectivity index (χ3n) is 8.19. The molecule has 0 spiro atoms. The average Bonchev–Trinajstić information content (AvgIpc) is 3.47. The Hall–Kier alpha value is -2.13. The molecule has 0 fully saturated rings. The van der Waals surface area contributed by atoms with E-state index in [0.717, 1.165) is 83.9 Å². The summed E-state index contributed by atoms with van der Waals surface area (Å²) in [5, 5.41) is 18.8. The van der Waals surface area contributed by atoms with Crippen molar-refractivity contribution in [2.75, 3.05) is 19.8 Å². The van der Waals surface area contributed by atoms with E-state index in [1.165, 1.54) is 0 Å². The third-order valence-corrected chi connectivity index (χ3v) is 13.0. The van der Waals surface area contributed by atoms with E-state index >= 15 is 0 Å². The number of halogens is 1. The highest BCUT2D eigenvalue weighted by atomic mass is 35.5. The number of aliphatic hydroxyl groups is 1.